The first-order valence-electron chi connectivity index (χ1n) is 13.1. The molecule has 2 radical (unpaired) electrons. The Morgan fingerprint density at radius 3 is 2.42 bits per heavy atom. The number of hydrogen-bond donors (Lipinski definition) is 0. The summed E-state index contributed by atoms with van der Waals surface area (Å²) in [5.74, 6) is 4.36. The van der Waals surface area contributed by atoms with Crippen LogP contribution in [0.15, 0.2) is 12.2 Å². The molecule has 4 aliphatic carbocycles. The zero-order valence-corrected chi connectivity index (χ0v) is 26.6. The third-order valence-corrected chi connectivity index (χ3v) is 11.6. The van der Waals surface area contributed by atoms with Gasteiger partial charge in [0, 0.05) is 39.6 Å². The molecule has 8 atom stereocenters. The Morgan fingerprint density at radius 1 is 1.03 bits per heavy atom. The maximum Gasteiger partial charge on any atom is 0.216 e. The molecule has 5 rings (SSSR count). The van der Waals surface area contributed by atoms with Crippen molar-refractivity contribution in [3.63, 3.8) is 0 Å². The van der Waals surface area contributed by atoms with Crippen LogP contribution in [0.2, 0.25) is 5.82 Å². The fourth-order valence-electron chi connectivity index (χ4n) is 9.17. The van der Waals surface area contributed by atoms with Gasteiger partial charge in [-0.15, -0.1) is 19.7 Å². The smallest absolute Gasteiger partial charge is 0.216 e. The zero-order valence-electron chi connectivity index (χ0n) is 22.3. The number of piperazine rings is 1. The Labute approximate surface area is 233 Å². The van der Waals surface area contributed by atoms with Gasteiger partial charge in [0.2, 0.25) is 7.41 Å². The molecule has 5 aliphatic rings. The average molecular weight is 658 g/mol. The topological polar surface area (TPSA) is 17.3 Å². The van der Waals surface area contributed by atoms with E-state index in [9.17, 15) is 0 Å². The summed E-state index contributed by atoms with van der Waals surface area (Å²) < 4.78 is 0. The van der Waals surface area contributed by atoms with Gasteiger partial charge in [0.1, 0.15) is 0 Å². The molecule has 5 heteroatoms. The van der Waals surface area contributed by atoms with Crippen molar-refractivity contribution in [2.45, 2.75) is 97.8 Å². The number of hydrogen-bond acceptors (Lipinski definition) is 1. The molecule has 1 saturated heterocycles. The van der Waals surface area contributed by atoms with E-state index in [1.165, 1.54) is 56.9 Å². The maximum atomic E-state index is 4.62. The summed E-state index contributed by atoms with van der Waals surface area (Å²) in [6.07, 6.45) is 11.5. The van der Waals surface area contributed by atoms with E-state index in [1.807, 2.05) is 0 Å². The third kappa shape index (κ3) is 4.83. The molecule has 0 N–H and O–H groups in total. The molecule has 33 heavy (non-hydrogen) atoms. The molecule has 5 fully saturated rings. The van der Waals surface area contributed by atoms with Gasteiger partial charge >= 0.3 is 0 Å². The first-order chi connectivity index (χ1) is 14.2. The molecular formula is C28H48BN2VW-2. The molecular weight excluding hydrogens is 610 g/mol. The number of nitrogens with zero attached hydrogens (tertiary/aromatic N) is 2. The third-order valence-electron chi connectivity index (χ3n) is 11.6. The second-order valence-corrected chi connectivity index (χ2v) is 13.1. The van der Waals surface area contributed by atoms with Crippen molar-refractivity contribution in [2.24, 2.45) is 39.9 Å². The van der Waals surface area contributed by atoms with Crippen LogP contribution in [-0.4, -0.2) is 37.9 Å². The monoisotopic (exact) mass is 658 g/mol. The van der Waals surface area contributed by atoms with Gasteiger partial charge in [-0.3, -0.25) is 0 Å². The molecule has 0 spiro atoms. The second-order valence-electron chi connectivity index (χ2n) is 13.1. The minimum absolute atomic E-state index is 0. The van der Waals surface area contributed by atoms with Crippen LogP contribution < -0.4 is 0 Å². The summed E-state index contributed by atoms with van der Waals surface area (Å²) in [5, 5.41) is 4.62. The van der Waals surface area contributed by atoms with Crippen molar-refractivity contribution in [3.05, 3.63) is 24.9 Å². The molecule has 2 nitrogen and oxygen atoms in total. The fourth-order valence-corrected chi connectivity index (χ4v) is 9.17. The summed E-state index contributed by atoms with van der Waals surface area (Å²) >= 11 is 0. The van der Waals surface area contributed by atoms with E-state index in [-0.39, 0.29) is 47.0 Å². The molecule has 0 aromatic heterocycles. The van der Waals surface area contributed by atoms with E-state index in [0.717, 1.165) is 43.3 Å². The number of rotatable bonds is 2. The minimum Gasteiger partial charge on any atom is -0.660 e. The molecule has 0 bridgehead atoms. The molecule has 1 aliphatic heterocycles. The van der Waals surface area contributed by atoms with Crippen molar-refractivity contribution >= 4 is 7.41 Å². The fraction of sp³-hybridized carbons (Fsp3) is 0.893. The second kappa shape index (κ2) is 10.8. The number of allylic oxidation sites excluding steroid dienone is 1. The van der Waals surface area contributed by atoms with Crippen LogP contribution in [-0.2, 0) is 39.6 Å². The van der Waals surface area contributed by atoms with Gasteiger partial charge in [0.15, 0.2) is 0 Å². The predicted octanol–water partition coefficient (Wildman–Crippen LogP) is 7.15. The standard InChI is InChI=1S/C27H45BN2.CH3.V.W/c1-18-15-20-7-8-21-22(10-12-27(6)23(21)9-11-25(27,3)4)26(20,5)16-24(18)28-30-14-13-29-17-19(30)2;;;/h19-24H,1,7-17H2,2-6H3;1H3;;/q2*-1;;/t19?,20?,21?,22?,23?,24?,26-,27-;;;/m0.../s1. The molecule has 6 unspecified atom stereocenters. The van der Waals surface area contributed by atoms with Crippen LogP contribution in [0.4, 0.5) is 0 Å². The van der Waals surface area contributed by atoms with Crippen molar-refractivity contribution in [3.8, 4) is 0 Å². The Balaban J connectivity index is 0.00000128. The SMILES string of the molecule is C=C1CC2CCC3C(CC[C@@]4(C)C3CCC4(C)C)[C@@]2(C)CC1[B]N1CC[N-]CC1C.[CH3-].[V].[W]. The van der Waals surface area contributed by atoms with Crippen LogP contribution in [0, 0.1) is 47.3 Å². The predicted molar refractivity (Wildman–Crippen MR) is 135 cm³/mol. The van der Waals surface area contributed by atoms with Crippen LogP contribution in [0.25, 0.3) is 5.32 Å². The molecule has 0 aromatic rings. The molecule has 4 saturated carbocycles. The van der Waals surface area contributed by atoms with Gasteiger partial charge in [-0.25, -0.2) is 0 Å². The van der Waals surface area contributed by atoms with Gasteiger partial charge in [0.25, 0.3) is 0 Å². The van der Waals surface area contributed by atoms with Crippen molar-refractivity contribution in [1.29, 1.82) is 0 Å². The Morgan fingerprint density at radius 2 is 1.73 bits per heavy atom. The normalized spacial score (nSPS) is 46.4. The first kappa shape index (κ1) is 30.2. The molecule has 0 amide bonds. The zero-order chi connectivity index (χ0) is 21.3. The summed E-state index contributed by atoms with van der Waals surface area (Å²) in [6, 6.07) is 0.562. The van der Waals surface area contributed by atoms with E-state index in [1.54, 1.807) is 0 Å². The minimum atomic E-state index is 0. The maximum absolute atomic E-state index is 4.62. The Kier molecular flexibility index (Phi) is 9.87. The van der Waals surface area contributed by atoms with Crippen molar-refractivity contribution in [2.75, 3.05) is 19.6 Å². The molecule has 1 heterocycles. The van der Waals surface area contributed by atoms with Gasteiger partial charge in [-0.1, -0.05) is 40.2 Å². The largest absolute Gasteiger partial charge is 0.660 e. The van der Waals surface area contributed by atoms with Gasteiger partial charge in [-0.2, -0.15) is 0 Å². The summed E-state index contributed by atoms with van der Waals surface area (Å²) in [4.78, 5) is 2.60. The first-order valence-corrected chi connectivity index (χ1v) is 13.1. The Bertz CT molecular complexity index is 701. The van der Waals surface area contributed by atoms with E-state index in [0.29, 0.717) is 28.1 Å². The van der Waals surface area contributed by atoms with Crippen molar-refractivity contribution < 1.29 is 39.6 Å². The summed E-state index contributed by atoms with van der Waals surface area (Å²) in [5.41, 5.74) is 3.15. The van der Waals surface area contributed by atoms with Crippen LogP contribution in [0.5, 0.6) is 0 Å². The van der Waals surface area contributed by atoms with Crippen molar-refractivity contribution in [1.82, 2.24) is 4.81 Å². The van der Waals surface area contributed by atoms with Crippen LogP contribution >= 0.6 is 0 Å². The van der Waals surface area contributed by atoms with E-state index >= 15 is 0 Å². The molecule has 186 valence electrons. The van der Waals surface area contributed by atoms with Gasteiger partial charge in [0.05, 0.1) is 0 Å². The van der Waals surface area contributed by atoms with E-state index in [2.05, 4.69) is 58.7 Å². The van der Waals surface area contributed by atoms with E-state index < -0.39 is 0 Å². The Hall–Kier alpha value is 0.998. The quantitative estimate of drug-likeness (QED) is 0.175. The molecule has 0 aromatic carbocycles. The van der Waals surface area contributed by atoms with Crippen LogP contribution in [0.3, 0.4) is 0 Å². The number of fused-ring (bicyclic) bond motifs is 5. The summed E-state index contributed by atoms with van der Waals surface area (Å²) in [7, 11) is 2.60. The van der Waals surface area contributed by atoms with Gasteiger partial charge < -0.3 is 17.6 Å². The van der Waals surface area contributed by atoms with E-state index in [4.69, 9.17) is 0 Å². The van der Waals surface area contributed by atoms with Gasteiger partial charge in [-0.05, 0) is 110 Å². The average Bonchev–Trinajstić information content (AvgIpc) is 2.94. The summed E-state index contributed by atoms with van der Waals surface area (Å²) in [6.45, 7) is 20.6. The van der Waals surface area contributed by atoms with Crippen LogP contribution in [0.1, 0.15) is 86.0 Å².